The van der Waals surface area contributed by atoms with Crippen molar-refractivity contribution in [3.8, 4) is 0 Å². The lowest BCUT2D eigenvalue weighted by Crippen LogP contribution is -1.92. The van der Waals surface area contributed by atoms with Crippen LogP contribution in [0.15, 0.2) is 39.1 Å². The summed E-state index contributed by atoms with van der Waals surface area (Å²) in [5.74, 6) is 0. The fourth-order valence-corrected chi connectivity index (χ4v) is 2.30. The fraction of sp³-hybridized carbons (Fsp3) is 0.182. The first kappa shape index (κ1) is 11.5. The molecule has 0 amide bonds. The van der Waals surface area contributed by atoms with E-state index in [-0.39, 0.29) is 0 Å². The first-order valence-electron chi connectivity index (χ1n) is 4.75. The molecular formula is C11H10BrN3S. The summed E-state index contributed by atoms with van der Waals surface area (Å²) in [5, 5.41) is 1.64. The van der Waals surface area contributed by atoms with Crippen LogP contribution in [-0.4, -0.2) is 15.0 Å². The predicted molar refractivity (Wildman–Crippen MR) is 67.6 cm³/mol. The van der Waals surface area contributed by atoms with Crippen LogP contribution in [0.5, 0.6) is 0 Å². The Hall–Kier alpha value is -0.940. The molecule has 2 aromatic heterocycles. The minimum absolute atomic E-state index is 0.743. The molecule has 0 fully saturated rings. The second-order valence-corrected chi connectivity index (χ2v) is 5.25. The molecule has 0 aliphatic heterocycles. The van der Waals surface area contributed by atoms with Crippen LogP contribution < -0.4 is 0 Å². The molecule has 0 saturated heterocycles. The van der Waals surface area contributed by atoms with E-state index in [2.05, 4.69) is 30.9 Å². The average molecular weight is 296 g/mol. The smallest absolute Gasteiger partial charge is 0.194 e. The van der Waals surface area contributed by atoms with Crippen molar-refractivity contribution in [3.63, 3.8) is 0 Å². The summed E-state index contributed by atoms with van der Waals surface area (Å²) in [6.45, 7) is 3.93. The van der Waals surface area contributed by atoms with Crippen LogP contribution in [0.1, 0.15) is 11.4 Å². The number of aromatic nitrogens is 3. The molecule has 2 heterocycles. The Morgan fingerprint density at radius 2 is 1.81 bits per heavy atom. The molecule has 0 bridgehead atoms. The molecule has 0 aliphatic carbocycles. The maximum Gasteiger partial charge on any atom is 0.194 e. The van der Waals surface area contributed by atoms with Crippen molar-refractivity contribution in [1.82, 2.24) is 15.0 Å². The zero-order valence-electron chi connectivity index (χ0n) is 8.94. The van der Waals surface area contributed by atoms with E-state index in [0.717, 1.165) is 26.0 Å². The Morgan fingerprint density at radius 1 is 1.12 bits per heavy atom. The minimum Gasteiger partial charge on any atom is -0.248 e. The molecule has 2 aromatic rings. The summed E-state index contributed by atoms with van der Waals surface area (Å²) < 4.78 is 0.971. The van der Waals surface area contributed by atoms with Gasteiger partial charge in [-0.15, -0.1) is 0 Å². The molecule has 3 nitrogen and oxygen atoms in total. The lowest BCUT2D eigenvalue weighted by Gasteiger charge is -2.02. The van der Waals surface area contributed by atoms with E-state index >= 15 is 0 Å². The number of rotatable bonds is 2. The summed E-state index contributed by atoms with van der Waals surface area (Å²) in [7, 11) is 0. The number of nitrogens with zero attached hydrogens (tertiary/aromatic N) is 3. The summed E-state index contributed by atoms with van der Waals surface area (Å²) in [5.41, 5.74) is 1.96. The SMILES string of the molecule is Cc1cc(C)nc(Sc2ccc(Br)cn2)n1. The minimum atomic E-state index is 0.743. The van der Waals surface area contributed by atoms with Gasteiger partial charge in [-0.3, -0.25) is 0 Å². The van der Waals surface area contributed by atoms with E-state index in [0.29, 0.717) is 0 Å². The third kappa shape index (κ3) is 3.02. The number of aryl methyl sites for hydroxylation is 2. The first-order valence-corrected chi connectivity index (χ1v) is 6.36. The second-order valence-electron chi connectivity index (χ2n) is 3.35. The van der Waals surface area contributed by atoms with Crippen molar-refractivity contribution in [2.45, 2.75) is 24.0 Å². The molecule has 0 unspecified atom stereocenters. The lowest BCUT2D eigenvalue weighted by atomic mass is 10.4. The summed E-state index contributed by atoms with van der Waals surface area (Å²) in [4.78, 5) is 13.0. The molecule has 0 saturated carbocycles. The number of halogens is 1. The van der Waals surface area contributed by atoms with Crippen molar-refractivity contribution in [2.24, 2.45) is 0 Å². The van der Waals surface area contributed by atoms with Crippen LogP contribution in [0, 0.1) is 13.8 Å². The van der Waals surface area contributed by atoms with Gasteiger partial charge in [0.05, 0.1) is 0 Å². The van der Waals surface area contributed by atoms with Crippen molar-refractivity contribution >= 4 is 27.7 Å². The van der Waals surface area contributed by atoms with E-state index < -0.39 is 0 Å². The topological polar surface area (TPSA) is 38.7 Å². The molecule has 0 radical (unpaired) electrons. The standard InChI is InChI=1S/C11H10BrN3S/c1-7-5-8(2)15-11(14-7)16-10-4-3-9(12)6-13-10/h3-6H,1-2H3. The van der Waals surface area contributed by atoms with Crippen molar-refractivity contribution in [2.75, 3.05) is 0 Å². The Bertz CT molecular complexity index is 479. The first-order chi connectivity index (χ1) is 7.63. The monoisotopic (exact) mass is 295 g/mol. The average Bonchev–Trinajstić information content (AvgIpc) is 2.20. The van der Waals surface area contributed by atoms with Crippen molar-refractivity contribution in [3.05, 3.63) is 40.3 Å². The number of hydrogen-bond acceptors (Lipinski definition) is 4. The molecule has 2 rings (SSSR count). The van der Waals surface area contributed by atoms with E-state index in [9.17, 15) is 0 Å². The Balaban J connectivity index is 2.23. The van der Waals surface area contributed by atoms with Crippen LogP contribution in [0.2, 0.25) is 0 Å². The largest absolute Gasteiger partial charge is 0.248 e. The molecular weight excluding hydrogens is 286 g/mol. The lowest BCUT2D eigenvalue weighted by molar-refractivity contribution is 0.898. The van der Waals surface area contributed by atoms with Gasteiger partial charge in [0.25, 0.3) is 0 Å². The number of hydrogen-bond donors (Lipinski definition) is 0. The van der Waals surface area contributed by atoms with Gasteiger partial charge in [-0.1, -0.05) is 0 Å². The molecule has 16 heavy (non-hydrogen) atoms. The molecule has 82 valence electrons. The molecule has 5 heteroatoms. The summed E-state index contributed by atoms with van der Waals surface area (Å²) in [6.07, 6.45) is 1.77. The van der Waals surface area contributed by atoms with Crippen molar-refractivity contribution in [1.29, 1.82) is 0 Å². The van der Waals surface area contributed by atoms with Gasteiger partial charge in [-0.05, 0) is 59.7 Å². The van der Waals surface area contributed by atoms with Gasteiger partial charge < -0.3 is 0 Å². The maximum atomic E-state index is 4.35. The zero-order valence-corrected chi connectivity index (χ0v) is 11.3. The third-order valence-electron chi connectivity index (χ3n) is 1.86. The predicted octanol–water partition coefficient (Wildman–Crippen LogP) is 3.40. The van der Waals surface area contributed by atoms with Gasteiger partial charge in [0.15, 0.2) is 5.16 Å². The second kappa shape index (κ2) is 4.93. The van der Waals surface area contributed by atoms with E-state index in [1.165, 1.54) is 11.8 Å². The van der Waals surface area contributed by atoms with Crippen LogP contribution in [-0.2, 0) is 0 Å². The normalized spacial score (nSPS) is 10.4. The summed E-state index contributed by atoms with van der Waals surface area (Å²) >= 11 is 4.82. The van der Waals surface area contributed by atoms with Crippen molar-refractivity contribution < 1.29 is 0 Å². The van der Waals surface area contributed by atoms with Gasteiger partial charge in [0.1, 0.15) is 5.03 Å². The van der Waals surface area contributed by atoms with Crippen LogP contribution in [0.3, 0.4) is 0 Å². The number of pyridine rings is 1. The Kier molecular flexibility index (Phi) is 3.56. The van der Waals surface area contributed by atoms with Gasteiger partial charge in [0.2, 0.25) is 0 Å². The van der Waals surface area contributed by atoms with Gasteiger partial charge in [0, 0.05) is 22.1 Å². The quantitative estimate of drug-likeness (QED) is 0.796. The van der Waals surface area contributed by atoms with E-state index in [1.807, 2.05) is 32.0 Å². The zero-order chi connectivity index (χ0) is 11.5. The molecule has 0 atom stereocenters. The van der Waals surface area contributed by atoms with E-state index in [4.69, 9.17) is 0 Å². The molecule has 0 aromatic carbocycles. The molecule has 0 N–H and O–H groups in total. The maximum absolute atomic E-state index is 4.35. The summed E-state index contributed by atoms with van der Waals surface area (Å²) in [6, 6.07) is 5.85. The Morgan fingerprint density at radius 3 is 2.38 bits per heavy atom. The van der Waals surface area contributed by atoms with Gasteiger partial charge in [-0.2, -0.15) is 0 Å². The highest BCUT2D eigenvalue weighted by Gasteiger charge is 2.03. The molecule has 0 spiro atoms. The highest BCUT2D eigenvalue weighted by Crippen LogP contribution is 2.23. The van der Waals surface area contributed by atoms with Crippen LogP contribution in [0.4, 0.5) is 0 Å². The highest BCUT2D eigenvalue weighted by molar-refractivity contribution is 9.10. The molecule has 0 aliphatic rings. The van der Waals surface area contributed by atoms with Gasteiger partial charge in [-0.25, -0.2) is 15.0 Å². The highest BCUT2D eigenvalue weighted by atomic mass is 79.9. The third-order valence-corrected chi connectivity index (χ3v) is 3.14. The van der Waals surface area contributed by atoms with Gasteiger partial charge >= 0.3 is 0 Å². The van der Waals surface area contributed by atoms with E-state index in [1.54, 1.807) is 6.20 Å². The van der Waals surface area contributed by atoms with Crippen LogP contribution in [0.25, 0.3) is 0 Å². The Labute approximate surface area is 107 Å². The van der Waals surface area contributed by atoms with Crippen LogP contribution >= 0.6 is 27.7 Å². The fourth-order valence-electron chi connectivity index (χ4n) is 1.26.